The van der Waals surface area contributed by atoms with Crippen LogP contribution in [0.1, 0.15) is 51.5 Å². The van der Waals surface area contributed by atoms with E-state index in [2.05, 4.69) is 17.1 Å². The molecule has 0 aliphatic heterocycles. The number of hydrogen-bond donors (Lipinski definition) is 1. The number of fused-ring (bicyclic) bond motifs is 1. The van der Waals surface area contributed by atoms with Gasteiger partial charge in [-0.15, -0.1) is 0 Å². The van der Waals surface area contributed by atoms with Gasteiger partial charge in [0.05, 0.1) is 11.3 Å². The van der Waals surface area contributed by atoms with E-state index in [-0.39, 0.29) is 5.92 Å². The minimum Gasteiger partial charge on any atom is -0.478 e. The van der Waals surface area contributed by atoms with Crippen molar-refractivity contribution in [2.24, 2.45) is 0 Å². The maximum absolute atomic E-state index is 11.2. The maximum Gasteiger partial charge on any atom is 0.335 e. The Bertz CT molecular complexity index is 664. The lowest BCUT2D eigenvalue weighted by molar-refractivity contribution is 0.0696. The Hall–Kier alpha value is -2.16. The van der Waals surface area contributed by atoms with Crippen molar-refractivity contribution >= 4 is 5.97 Å². The molecule has 102 valence electrons. The van der Waals surface area contributed by atoms with Gasteiger partial charge in [0.1, 0.15) is 0 Å². The summed E-state index contributed by atoms with van der Waals surface area (Å²) in [5.41, 5.74) is 4.83. The van der Waals surface area contributed by atoms with Gasteiger partial charge in [-0.1, -0.05) is 12.1 Å². The lowest BCUT2D eigenvalue weighted by Crippen LogP contribution is -2.13. The standard InChI is InChI=1S/C17H17NO2/c1-11-8-13(10-14(9-11)17(19)20)15-6-2-4-12-5-3-7-18-16(12)15/h3,5,7-10,15H,2,4,6H2,1H3,(H,19,20). The van der Waals surface area contributed by atoms with E-state index in [1.165, 1.54) is 5.56 Å². The first-order chi connectivity index (χ1) is 9.65. The van der Waals surface area contributed by atoms with Gasteiger partial charge in [-0.25, -0.2) is 4.79 Å². The third-order valence-electron chi connectivity index (χ3n) is 3.94. The summed E-state index contributed by atoms with van der Waals surface area (Å²) in [6.45, 7) is 1.94. The van der Waals surface area contributed by atoms with Crippen LogP contribution in [0.15, 0.2) is 36.5 Å². The minimum atomic E-state index is -0.869. The smallest absolute Gasteiger partial charge is 0.335 e. The van der Waals surface area contributed by atoms with Gasteiger partial charge >= 0.3 is 5.97 Å². The van der Waals surface area contributed by atoms with Crippen LogP contribution in [0.3, 0.4) is 0 Å². The highest BCUT2D eigenvalue weighted by molar-refractivity contribution is 5.88. The molecule has 0 saturated heterocycles. The predicted octanol–water partition coefficient (Wildman–Crippen LogP) is 3.56. The fourth-order valence-corrected chi connectivity index (χ4v) is 3.07. The zero-order chi connectivity index (χ0) is 14.1. The van der Waals surface area contributed by atoms with Crippen LogP contribution in [0.2, 0.25) is 0 Å². The third kappa shape index (κ3) is 2.31. The molecule has 1 heterocycles. The fourth-order valence-electron chi connectivity index (χ4n) is 3.07. The molecule has 1 atom stereocenters. The van der Waals surface area contributed by atoms with Crippen molar-refractivity contribution in [3.63, 3.8) is 0 Å². The Balaban J connectivity index is 2.08. The van der Waals surface area contributed by atoms with Gasteiger partial charge in [-0.05, 0) is 61.1 Å². The molecule has 1 aliphatic carbocycles. The van der Waals surface area contributed by atoms with Crippen LogP contribution in [0.25, 0.3) is 0 Å². The van der Waals surface area contributed by atoms with Gasteiger partial charge in [0.2, 0.25) is 0 Å². The van der Waals surface area contributed by atoms with E-state index in [9.17, 15) is 9.90 Å². The average Bonchev–Trinajstić information content (AvgIpc) is 2.46. The molecular formula is C17H17NO2. The number of carboxylic acid groups (broad SMARTS) is 1. The van der Waals surface area contributed by atoms with Crippen LogP contribution >= 0.6 is 0 Å². The Morgan fingerprint density at radius 2 is 2.20 bits per heavy atom. The quantitative estimate of drug-likeness (QED) is 0.905. The molecule has 20 heavy (non-hydrogen) atoms. The van der Waals surface area contributed by atoms with Crippen LogP contribution in [0.5, 0.6) is 0 Å². The summed E-state index contributed by atoms with van der Waals surface area (Å²) in [7, 11) is 0. The van der Waals surface area contributed by atoms with E-state index in [1.807, 2.05) is 19.2 Å². The molecule has 3 nitrogen and oxygen atoms in total. The Kier molecular flexibility index (Phi) is 3.26. The van der Waals surface area contributed by atoms with Gasteiger partial charge in [0.15, 0.2) is 0 Å². The first-order valence-corrected chi connectivity index (χ1v) is 6.94. The van der Waals surface area contributed by atoms with E-state index in [0.717, 1.165) is 36.1 Å². The number of carbonyl (C=O) groups is 1. The molecule has 0 saturated carbocycles. The molecular weight excluding hydrogens is 250 g/mol. The van der Waals surface area contributed by atoms with Crippen LogP contribution in [-0.4, -0.2) is 16.1 Å². The molecule has 0 spiro atoms. The number of aryl methyl sites for hydroxylation is 2. The summed E-state index contributed by atoms with van der Waals surface area (Å²) in [5.74, 6) is -0.648. The van der Waals surface area contributed by atoms with E-state index in [4.69, 9.17) is 0 Å². The summed E-state index contributed by atoms with van der Waals surface area (Å²) < 4.78 is 0. The highest BCUT2D eigenvalue weighted by atomic mass is 16.4. The molecule has 1 unspecified atom stereocenters. The molecule has 3 heteroatoms. The van der Waals surface area contributed by atoms with E-state index in [1.54, 1.807) is 12.1 Å². The van der Waals surface area contributed by atoms with Crippen LogP contribution in [-0.2, 0) is 6.42 Å². The summed E-state index contributed by atoms with van der Waals surface area (Å²) in [5, 5.41) is 9.21. The van der Waals surface area contributed by atoms with Crippen molar-refractivity contribution in [2.45, 2.75) is 32.1 Å². The topological polar surface area (TPSA) is 50.2 Å². The monoisotopic (exact) mass is 267 g/mol. The predicted molar refractivity (Wildman–Crippen MR) is 77.2 cm³/mol. The summed E-state index contributed by atoms with van der Waals surface area (Å²) in [6, 6.07) is 9.70. The molecule has 0 bridgehead atoms. The highest BCUT2D eigenvalue weighted by Crippen LogP contribution is 2.35. The second kappa shape index (κ2) is 5.08. The van der Waals surface area contributed by atoms with Crippen LogP contribution < -0.4 is 0 Å². The summed E-state index contributed by atoms with van der Waals surface area (Å²) in [4.78, 5) is 15.8. The Morgan fingerprint density at radius 3 is 3.00 bits per heavy atom. The second-order valence-corrected chi connectivity index (χ2v) is 5.43. The van der Waals surface area contributed by atoms with E-state index in [0.29, 0.717) is 5.56 Å². The first kappa shape index (κ1) is 12.9. The summed E-state index contributed by atoms with van der Waals surface area (Å²) in [6.07, 6.45) is 5.05. The second-order valence-electron chi connectivity index (χ2n) is 5.43. The summed E-state index contributed by atoms with van der Waals surface area (Å²) >= 11 is 0. The molecule has 2 aromatic rings. The van der Waals surface area contributed by atoms with Gasteiger partial charge in [0.25, 0.3) is 0 Å². The van der Waals surface area contributed by atoms with Gasteiger partial charge in [-0.3, -0.25) is 4.98 Å². The lowest BCUT2D eigenvalue weighted by atomic mass is 9.81. The maximum atomic E-state index is 11.2. The molecule has 1 aromatic carbocycles. The van der Waals surface area contributed by atoms with Crippen molar-refractivity contribution in [3.8, 4) is 0 Å². The van der Waals surface area contributed by atoms with E-state index >= 15 is 0 Å². The average molecular weight is 267 g/mol. The Labute approximate surface area is 118 Å². The van der Waals surface area contributed by atoms with Crippen molar-refractivity contribution in [1.29, 1.82) is 0 Å². The molecule has 1 aliphatic rings. The minimum absolute atomic E-state index is 0.220. The number of pyridine rings is 1. The molecule has 1 aromatic heterocycles. The number of benzene rings is 1. The fraction of sp³-hybridized carbons (Fsp3) is 0.294. The van der Waals surface area contributed by atoms with E-state index < -0.39 is 5.97 Å². The van der Waals surface area contributed by atoms with Gasteiger partial charge in [-0.2, -0.15) is 0 Å². The van der Waals surface area contributed by atoms with Crippen LogP contribution in [0.4, 0.5) is 0 Å². The molecule has 0 radical (unpaired) electrons. The largest absolute Gasteiger partial charge is 0.478 e. The van der Waals surface area contributed by atoms with Crippen molar-refractivity contribution in [1.82, 2.24) is 4.98 Å². The molecule has 1 N–H and O–H groups in total. The number of aromatic nitrogens is 1. The van der Waals surface area contributed by atoms with Crippen LogP contribution in [0, 0.1) is 6.92 Å². The highest BCUT2D eigenvalue weighted by Gasteiger charge is 2.23. The number of aromatic carboxylic acids is 1. The Morgan fingerprint density at radius 1 is 1.35 bits per heavy atom. The number of carboxylic acids is 1. The molecule has 3 rings (SSSR count). The number of nitrogens with zero attached hydrogens (tertiary/aromatic N) is 1. The van der Waals surface area contributed by atoms with Crippen molar-refractivity contribution < 1.29 is 9.90 Å². The normalized spacial score (nSPS) is 17.6. The SMILES string of the molecule is Cc1cc(C(=O)O)cc(C2CCCc3cccnc32)c1. The zero-order valence-electron chi connectivity index (χ0n) is 11.5. The van der Waals surface area contributed by atoms with Crippen molar-refractivity contribution in [3.05, 3.63) is 64.5 Å². The molecule has 0 amide bonds. The number of hydrogen-bond acceptors (Lipinski definition) is 2. The number of rotatable bonds is 2. The van der Waals surface area contributed by atoms with Crippen molar-refractivity contribution in [2.75, 3.05) is 0 Å². The first-order valence-electron chi connectivity index (χ1n) is 6.94. The zero-order valence-corrected chi connectivity index (χ0v) is 11.5. The molecule has 0 fully saturated rings. The van der Waals surface area contributed by atoms with Gasteiger partial charge < -0.3 is 5.11 Å². The third-order valence-corrected chi connectivity index (χ3v) is 3.94. The van der Waals surface area contributed by atoms with Gasteiger partial charge in [0, 0.05) is 12.1 Å². The lowest BCUT2D eigenvalue weighted by Gasteiger charge is -2.25.